The Morgan fingerprint density at radius 2 is 2.25 bits per heavy atom. The van der Waals surface area contributed by atoms with Crippen molar-refractivity contribution in [3.05, 3.63) is 0 Å². The predicted molar refractivity (Wildman–Crippen MR) is 42.7 cm³/mol. The monoisotopic (exact) mass is 170 g/mol. The van der Waals surface area contributed by atoms with E-state index in [0.717, 1.165) is 45.0 Å². The van der Waals surface area contributed by atoms with Crippen molar-refractivity contribution in [2.75, 3.05) is 6.61 Å². The van der Waals surface area contributed by atoms with Crippen molar-refractivity contribution in [3.63, 3.8) is 0 Å². The van der Waals surface area contributed by atoms with E-state index < -0.39 is 0 Å². The number of carbonyl (C=O) groups is 1. The van der Waals surface area contributed by atoms with Gasteiger partial charge in [-0.1, -0.05) is 0 Å². The Morgan fingerprint density at radius 1 is 1.33 bits per heavy atom. The highest BCUT2D eigenvalue weighted by molar-refractivity contribution is 5.56. The Labute approximate surface area is 72.0 Å². The zero-order chi connectivity index (χ0) is 8.44. The first-order chi connectivity index (χ1) is 5.85. The van der Waals surface area contributed by atoms with E-state index in [1.54, 1.807) is 0 Å². The molecule has 3 heteroatoms. The maximum Gasteiger partial charge on any atom is 0.169 e. The van der Waals surface area contributed by atoms with E-state index in [0.29, 0.717) is 0 Å². The summed E-state index contributed by atoms with van der Waals surface area (Å²) >= 11 is 0. The summed E-state index contributed by atoms with van der Waals surface area (Å²) in [6, 6.07) is 0. The molecule has 2 saturated heterocycles. The van der Waals surface area contributed by atoms with Gasteiger partial charge in [-0.3, -0.25) is 0 Å². The molecule has 0 unspecified atom stereocenters. The number of rotatable bonds is 1. The highest BCUT2D eigenvalue weighted by Gasteiger charge is 2.42. The number of hydrogen-bond acceptors (Lipinski definition) is 3. The quantitative estimate of drug-likeness (QED) is 0.556. The Bertz CT molecular complexity index is 173. The first kappa shape index (κ1) is 8.20. The summed E-state index contributed by atoms with van der Waals surface area (Å²) in [5, 5.41) is 0. The second kappa shape index (κ2) is 3.15. The van der Waals surface area contributed by atoms with E-state index in [4.69, 9.17) is 9.47 Å². The number of hydrogen-bond donors (Lipinski definition) is 0. The van der Waals surface area contributed by atoms with Gasteiger partial charge in [0.1, 0.15) is 12.4 Å². The molecule has 2 atom stereocenters. The summed E-state index contributed by atoms with van der Waals surface area (Å²) in [6.07, 6.45) is 5.61. The Kier molecular flexibility index (Phi) is 2.15. The lowest BCUT2D eigenvalue weighted by molar-refractivity contribution is -0.240. The van der Waals surface area contributed by atoms with E-state index >= 15 is 0 Å². The molecule has 68 valence electrons. The molecule has 3 nitrogen and oxygen atoms in total. The molecule has 0 aromatic carbocycles. The fourth-order valence-electron chi connectivity index (χ4n) is 1.97. The van der Waals surface area contributed by atoms with Crippen molar-refractivity contribution in [2.24, 2.45) is 0 Å². The summed E-state index contributed by atoms with van der Waals surface area (Å²) in [5.74, 6) is -0.385. The van der Waals surface area contributed by atoms with Crippen LogP contribution in [0.15, 0.2) is 0 Å². The molecule has 1 spiro atoms. The van der Waals surface area contributed by atoms with Gasteiger partial charge in [0, 0.05) is 12.8 Å². The minimum Gasteiger partial charge on any atom is -0.350 e. The van der Waals surface area contributed by atoms with Gasteiger partial charge in [-0.05, 0) is 19.3 Å². The SMILES string of the molecule is O=C[C@@H]1CC[C@]2(CCCCO2)O1. The molecule has 2 fully saturated rings. The van der Waals surface area contributed by atoms with Gasteiger partial charge in [-0.25, -0.2) is 0 Å². The van der Waals surface area contributed by atoms with Crippen LogP contribution >= 0.6 is 0 Å². The van der Waals surface area contributed by atoms with Crippen LogP contribution in [0.4, 0.5) is 0 Å². The van der Waals surface area contributed by atoms with Gasteiger partial charge in [-0.15, -0.1) is 0 Å². The van der Waals surface area contributed by atoms with Gasteiger partial charge in [0.2, 0.25) is 0 Å². The minimum atomic E-state index is -0.385. The molecule has 2 rings (SSSR count). The molecule has 2 aliphatic rings. The fraction of sp³-hybridized carbons (Fsp3) is 0.889. The number of ether oxygens (including phenoxy) is 2. The highest BCUT2D eigenvalue weighted by atomic mass is 16.7. The van der Waals surface area contributed by atoms with E-state index in [9.17, 15) is 4.79 Å². The summed E-state index contributed by atoms with van der Waals surface area (Å²) in [7, 11) is 0. The molecular weight excluding hydrogens is 156 g/mol. The second-order valence-corrected chi connectivity index (χ2v) is 3.55. The topological polar surface area (TPSA) is 35.5 Å². The average Bonchev–Trinajstić information content (AvgIpc) is 2.50. The molecule has 0 aliphatic carbocycles. The van der Waals surface area contributed by atoms with Crippen molar-refractivity contribution in [3.8, 4) is 0 Å². The van der Waals surface area contributed by atoms with Crippen LogP contribution in [0.5, 0.6) is 0 Å². The Balaban J connectivity index is 1.98. The van der Waals surface area contributed by atoms with Crippen LogP contribution in [-0.4, -0.2) is 24.8 Å². The second-order valence-electron chi connectivity index (χ2n) is 3.55. The molecule has 0 bridgehead atoms. The van der Waals surface area contributed by atoms with Gasteiger partial charge in [0.05, 0.1) is 6.61 Å². The lowest BCUT2D eigenvalue weighted by Crippen LogP contribution is -2.36. The van der Waals surface area contributed by atoms with Crippen LogP contribution in [0.1, 0.15) is 32.1 Å². The van der Waals surface area contributed by atoms with Crippen LogP contribution < -0.4 is 0 Å². The van der Waals surface area contributed by atoms with Crippen LogP contribution in [0, 0.1) is 0 Å². The van der Waals surface area contributed by atoms with E-state index in [1.807, 2.05) is 0 Å². The third-order valence-corrected chi connectivity index (χ3v) is 2.64. The standard InChI is InChI=1S/C9H14O3/c10-7-8-3-5-9(12-8)4-1-2-6-11-9/h7-8H,1-6H2/t8-,9-/m0/s1. The van der Waals surface area contributed by atoms with Crippen molar-refractivity contribution in [1.29, 1.82) is 0 Å². The predicted octanol–water partition coefficient (Wildman–Crippen LogP) is 1.26. The van der Waals surface area contributed by atoms with Crippen LogP contribution in [0.2, 0.25) is 0 Å². The summed E-state index contributed by atoms with van der Waals surface area (Å²) < 4.78 is 11.1. The van der Waals surface area contributed by atoms with Crippen molar-refractivity contribution < 1.29 is 14.3 Å². The molecule has 2 heterocycles. The summed E-state index contributed by atoms with van der Waals surface area (Å²) in [5.41, 5.74) is 0. The van der Waals surface area contributed by atoms with Gasteiger partial charge in [-0.2, -0.15) is 0 Å². The summed E-state index contributed by atoms with van der Waals surface area (Å²) in [4.78, 5) is 10.5. The molecule has 0 N–H and O–H groups in total. The molecule has 12 heavy (non-hydrogen) atoms. The van der Waals surface area contributed by atoms with Gasteiger partial charge in [0.25, 0.3) is 0 Å². The lowest BCUT2D eigenvalue weighted by atomic mass is 10.0. The highest BCUT2D eigenvalue weighted by Crippen LogP contribution is 2.37. The molecule has 0 aromatic heterocycles. The van der Waals surface area contributed by atoms with E-state index in [-0.39, 0.29) is 11.9 Å². The van der Waals surface area contributed by atoms with Gasteiger partial charge >= 0.3 is 0 Å². The molecular formula is C9H14O3. The van der Waals surface area contributed by atoms with Gasteiger partial charge < -0.3 is 14.3 Å². The first-order valence-electron chi connectivity index (χ1n) is 4.62. The zero-order valence-electron chi connectivity index (χ0n) is 7.12. The molecule has 0 aromatic rings. The smallest absolute Gasteiger partial charge is 0.169 e. The zero-order valence-corrected chi connectivity index (χ0v) is 7.12. The Hall–Kier alpha value is -0.410. The maximum atomic E-state index is 10.5. The number of aldehydes is 1. The largest absolute Gasteiger partial charge is 0.350 e. The van der Waals surface area contributed by atoms with Gasteiger partial charge in [0.15, 0.2) is 5.79 Å². The third kappa shape index (κ3) is 1.39. The van der Waals surface area contributed by atoms with Crippen molar-refractivity contribution >= 4 is 6.29 Å². The van der Waals surface area contributed by atoms with Crippen molar-refractivity contribution in [2.45, 2.75) is 44.0 Å². The van der Waals surface area contributed by atoms with Crippen LogP contribution in [-0.2, 0) is 14.3 Å². The fourth-order valence-corrected chi connectivity index (χ4v) is 1.97. The molecule has 0 radical (unpaired) electrons. The van der Waals surface area contributed by atoms with Crippen LogP contribution in [0.3, 0.4) is 0 Å². The maximum absolute atomic E-state index is 10.5. The van der Waals surface area contributed by atoms with Crippen LogP contribution in [0.25, 0.3) is 0 Å². The number of carbonyl (C=O) groups excluding carboxylic acids is 1. The summed E-state index contributed by atoms with van der Waals surface area (Å²) in [6.45, 7) is 0.783. The normalized spacial score (nSPS) is 41.8. The lowest BCUT2D eigenvalue weighted by Gasteiger charge is -2.32. The average molecular weight is 170 g/mol. The molecule has 0 saturated carbocycles. The van der Waals surface area contributed by atoms with Crippen molar-refractivity contribution in [1.82, 2.24) is 0 Å². The Morgan fingerprint density at radius 3 is 2.83 bits per heavy atom. The van der Waals surface area contributed by atoms with E-state index in [2.05, 4.69) is 0 Å². The van der Waals surface area contributed by atoms with E-state index in [1.165, 1.54) is 0 Å². The molecule has 2 aliphatic heterocycles. The minimum absolute atomic E-state index is 0.219. The third-order valence-electron chi connectivity index (χ3n) is 2.64. The first-order valence-corrected chi connectivity index (χ1v) is 4.62. The molecule has 0 amide bonds.